The number of piperidine rings is 1. The zero-order chi connectivity index (χ0) is 28.8. The van der Waals surface area contributed by atoms with Gasteiger partial charge in [-0.3, -0.25) is 9.59 Å². The van der Waals surface area contributed by atoms with Crippen molar-refractivity contribution in [1.82, 2.24) is 10.3 Å². The molecule has 1 aliphatic heterocycles. The van der Waals surface area contributed by atoms with E-state index in [1.807, 2.05) is 32.6 Å². The molecule has 0 atom stereocenters. The molecule has 0 radical (unpaired) electrons. The van der Waals surface area contributed by atoms with Gasteiger partial charge in [0.1, 0.15) is 30.0 Å². The number of aldehydes is 1. The SMILES string of the molecule is CC1(C)C(NC(=O)c2ccc(N3CCC(C=O)CC3)c(F)c2)C(C)(C)C1Oc1ccc(C#N)c2[nH]c(=O)ccc12. The normalized spacial score (nSPS) is 21.8. The minimum atomic E-state index is -0.483. The van der Waals surface area contributed by atoms with Crippen LogP contribution in [0.3, 0.4) is 0 Å². The number of hydrogen-bond donors (Lipinski definition) is 2. The molecule has 2 aromatic carbocycles. The highest BCUT2D eigenvalue weighted by atomic mass is 19.1. The number of hydrogen-bond acceptors (Lipinski definition) is 6. The quantitative estimate of drug-likeness (QED) is 0.440. The zero-order valence-electron chi connectivity index (χ0n) is 23.1. The molecule has 1 aromatic heterocycles. The van der Waals surface area contributed by atoms with Crippen molar-refractivity contribution in [2.75, 3.05) is 18.0 Å². The molecule has 9 heteroatoms. The van der Waals surface area contributed by atoms with E-state index in [0.717, 1.165) is 6.29 Å². The molecule has 1 saturated carbocycles. The maximum Gasteiger partial charge on any atom is 0.251 e. The van der Waals surface area contributed by atoms with Crippen molar-refractivity contribution in [2.45, 2.75) is 52.7 Å². The Hall–Kier alpha value is -4.19. The number of benzene rings is 2. The van der Waals surface area contributed by atoms with Crippen LogP contribution in [0.15, 0.2) is 47.3 Å². The van der Waals surface area contributed by atoms with Gasteiger partial charge in [-0.05, 0) is 49.2 Å². The Balaban J connectivity index is 1.32. The van der Waals surface area contributed by atoms with Gasteiger partial charge in [-0.2, -0.15) is 5.26 Å². The molecule has 2 N–H and O–H groups in total. The minimum absolute atomic E-state index is 0.0195. The van der Waals surface area contributed by atoms with Crippen molar-refractivity contribution in [3.05, 3.63) is 69.8 Å². The molecule has 1 amide bonds. The lowest BCUT2D eigenvalue weighted by Crippen LogP contribution is -2.74. The number of nitrogens with zero attached hydrogens (tertiary/aromatic N) is 2. The lowest BCUT2D eigenvalue weighted by atomic mass is 9.49. The fourth-order valence-corrected chi connectivity index (χ4v) is 6.74. The van der Waals surface area contributed by atoms with E-state index >= 15 is 4.39 Å². The molecular formula is C31H33FN4O4. The number of carbonyl (C=O) groups is 2. The Morgan fingerprint density at radius 1 is 1.12 bits per heavy atom. The maximum atomic E-state index is 15.1. The Bertz CT molecular complexity index is 1560. The monoisotopic (exact) mass is 544 g/mol. The van der Waals surface area contributed by atoms with Crippen LogP contribution in [0.1, 0.15) is 56.5 Å². The van der Waals surface area contributed by atoms with E-state index in [2.05, 4.69) is 16.4 Å². The fourth-order valence-electron chi connectivity index (χ4n) is 6.74. The molecular weight excluding hydrogens is 511 g/mol. The number of ether oxygens (including phenoxy) is 1. The number of nitrogens with one attached hydrogen (secondary N) is 2. The van der Waals surface area contributed by atoms with Gasteiger partial charge in [-0.15, -0.1) is 0 Å². The number of nitriles is 1. The van der Waals surface area contributed by atoms with E-state index in [1.165, 1.54) is 12.1 Å². The van der Waals surface area contributed by atoms with Gasteiger partial charge in [-0.1, -0.05) is 27.7 Å². The van der Waals surface area contributed by atoms with Gasteiger partial charge >= 0.3 is 0 Å². The van der Waals surface area contributed by atoms with Crippen LogP contribution in [0.2, 0.25) is 0 Å². The number of pyridine rings is 1. The molecule has 8 nitrogen and oxygen atoms in total. The molecule has 1 aliphatic carbocycles. The van der Waals surface area contributed by atoms with Crippen molar-refractivity contribution in [2.24, 2.45) is 16.7 Å². The standard InChI is InChI=1S/C31H33FN4O4/c1-30(2)28(35-27(39)19-5-8-23(22(32)15-19)36-13-11-18(17-37)12-14-36)31(3,4)29(30)40-24-9-6-20(16-33)26-21(24)7-10-25(38)34-26/h5-10,15,17-18,28-29H,11-14H2,1-4H3,(H,34,38)(H,35,39). The Morgan fingerprint density at radius 3 is 2.45 bits per heavy atom. The van der Waals surface area contributed by atoms with Crippen LogP contribution < -0.4 is 20.5 Å². The smallest absolute Gasteiger partial charge is 0.251 e. The topological polar surface area (TPSA) is 115 Å². The molecule has 208 valence electrons. The molecule has 3 aromatic rings. The van der Waals surface area contributed by atoms with Crippen LogP contribution in [0, 0.1) is 33.9 Å². The second-order valence-electron chi connectivity index (χ2n) is 12.0. The van der Waals surface area contributed by atoms with Crippen LogP contribution in [0.5, 0.6) is 5.75 Å². The summed E-state index contributed by atoms with van der Waals surface area (Å²) in [6.45, 7) is 9.23. The first kappa shape index (κ1) is 27.4. The third kappa shape index (κ3) is 4.61. The van der Waals surface area contributed by atoms with Gasteiger partial charge in [0.15, 0.2) is 0 Å². The van der Waals surface area contributed by atoms with E-state index in [0.29, 0.717) is 53.8 Å². The maximum absolute atomic E-state index is 15.1. The summed E-state index contributed by atoms with van der Waals surface area (Å²) < 4.78 is 21.6. The van der Waals surface area contributed by atoms with Crippen LogP contribution in [-0.4, -0.2) is 42.4 Å². The third-order valence-electron chi connectivity index (χ3n) is 8.62. The number of rotatable bonds is 6. The minimum Gasteiger partial charge on any atom is -0.488 e. The van der Waals surface area contributed by atoms with Crippen LogP contribution in [0.25, 0.3) is 10.9 Å². The van der Waals surface area contributed by atoms with Gasteiger partial charge in [0.2, 0.25) is 5.56 Å². The average molecular weight is 545 g/mol. The number of aromatic amines is 1. The summed E-state index contributed by atoms with van der Waals surface area (Å²) in [7, 11) is 0. The van der Waals surface area contributed by atoms with Gasteiger partial charge in [0.25, 0.3) is 5.91 Å². The second kappa shape index (κ2) is 10.1. The lowest BCUT2D eigenvalue weighted by molar-refractivity contribution is -0.163. The van der Waals surface area contributed by atoms with Crippen molar-refractivity contribution < 1.29 is 18.7 Å². The Morgan fingerprint density at radius 2 is 1.82 bits per heavy atom. The molecule has 2 aliphatic rings. The van der Waals surface area contributed by atoms with Gasteiger partial charge in [-0.25, -0.2) is 4.39 Å². The number of H-pyrrole nitrogens is 1. The van der Waals surface area contributed by atoms with E-state index in [-0.39, 0.29) is 35.1 Å². The molecule has 0 spiro atoms. The molecule has 1 saturated heterocycles. The van der Waals surface area contributed by atoms with E-state index in [1.54, 1.807) is 30.3 Å². The summed E-state index contributed by atoms with van der Waals surface area (Å²) in [5.41, 5.74) is 0.176. The first-order chi connectivity index (χ1) is 19.0. The number of carbonyl (C=O) groups excluding carboxylic acids is 2. The van der Waals surface area contributed by atoms with Crippen LogP contribution in [-0.2, 0) is 4.79 Å². The summed E-state index contributed by atoms with van der Waals surface area (Å²) in [5, 5.41) is 13.2. The number of fused-ring (bicyclic) bond motifs is 1. The number of halogens is 1. The Kier molecular flexibility index (Phi) is 6.90. The molecule has 2 fully saturated rings. The first-order valence-electron chi connectivity index (χ1n) is 13.5. The Labute approximate surface area is 232 Å². The second-order valence-corrected chi connectivity index (χ2v) is 12.0. The third-order valence-corrected chi connectivity index (χ3v) is 8.62. The van der Waals surface area contributed by atoms with Crippen LogP contribution in [0.4, 0.5) is 10.1 Å². The highest BCUT2D eigenvalue weighted by Crippen LogP contribution is 2.56. The molecule has 5 rings (SSSR count). The summed E-state index contributed by atoms with van der Waals surface area (Å²) in [4.78, 5) is 40.8. The predicted octanol–water partition coefficient (Wildman–Crippen LogP) is 4.57. The average Bonchev–Trinajstić information content (AvgIpc) is 2.93. The van der Waals surface area contributed by atoms with Crippen molar-refractivity contribution in [3.8, 4) is 11.8 Å². The largest absolute Gasteiger partial charge is 0.488 e. The summed E-state index contributed by atoms with van der Waals surface area (Å²) >= 11 is 0. The van der Waals surface area contributed by atoms with Gasteiger partial charge < -0.3 is 24.7 Å². The zero-order valence-corrected chi connectivity index (χ0v) is 23.1. The molecule has 0 bridgehead atoms. The van der Waals surface area contributed by atoms with E-state index in [4.69, 9.17) is 4.74 Å². The highest BCUT2D eigenvalue weighted by molar-refractivity contribution is 5.95. The van der Waals surface area contributed by atoms with Gasteiger partial charge in [0.05, 0.1) is 16.8 Å². The number of amides is 1. The molecule has 2 heterocycles. The van der Waals surface area contributed by atoms with Crippen molar-refractivity contribution in [3.63, 3.8) is 0 Å². The van der Waals surface area contributed by atoms with E-state index in [9.17, 15) is 19.6 Å². The fraction of sp³-hybridized carbons (Fsp3) is 0.419. The molecule has 40 heavy (non-hydrogen) atoms. The number of aromatic nitrogens is 1. The molecule has 0 unspecified atom stereocenters. The van der Waals surface area contributed by atoms with Crippen molar-refractivity contribution >= 4 is 28.8 Å². The summed E-state index contributed by atoms with van der Waals surface area (Å²) in [6.07, 6.45) is 2.04. The number of anilines is 1. The van der Waals surface area contributed by atoms with E-state index < -0.39 is 16.6 Å². The summed E-state index contributed by atoms with van der Waals surface area (Å²) in [5.74, 6) is -0.269. The first-order valence-corrected chi connectivity index (χ1v) is 13.5. The van der Waals surface area contributed by atoms with Crippen LogP contribution >= 0.6 is 0 Å². The van der Waals surface area contributed by atoms with Gasteiger partial charge in [0, 0.05) is 52.9 Å². The predicted molar refractivity (Wildman–Crippen MR) is 150 cm³/mol. The highest BCUT2D eigenvalue weighted by Gasteiger charge is 2.64. The summed E-state index contributed by atoms with van der Waals surface area (Å²) in [6, 6.07) is 12.8. The van der Waals surface area contributed by atoms with Crippen molar-refractivity contribution in [1.29, 1.82) is 5.26 Å². The lowest BCUT2D eigenvalue weighted by Gasteiger charge is -2.63.